The Labute approximate surface area is 99.4 Å². The molecule has 0 saturated heterocycles. The lowest BCUT2D eigenvalue weighted by Crippen LogP contribution is -2.03. The van der Waals surface area contributed by atoms with Crippen LogP contribution in [-0.2, 0) is 14.8 Å². The Bertz CT molecular complexity index is 448. The minimum absolute atomic E-state index is 0.259. The molecule has 1 aliphatic rings. The molecule has 1 aromatic rings. The Balaban J connectivity index is 2.06. The zero-order valence-corrected chi connectivity index (χ0v) is 10.4. The Kier molecular flexibility index (Phi) is 3.54. The van der Waals surface area contributed by atoms with Crippen molar-refractivity contribution in [3.63, 3.8) is 0 Å². The Morgan fingerprint density at radius 3 is 2.69 bits per heavy atom. The SMILES string of the molecule is O=S(=O)(Cl)Cc1cc(C2CCCCC2)on1. The van der Waals surface area contributed by atoms with Crippen LogP contribution in [0.1, 0.15) is 49.5 Å². The van der Waals surface area contributed by atoms with E-state index in [0.717, 1.165) is 18.6 Å². The van der Waals surface area contributed by atoms with Crippen LogP contribution in [0.4, 0.5) is 0 Å². The minimum Gasteiger partial charge on any atom is -0.361 e. The predicted octanol–water partition coefficient (Wildman–Crippen LogP) is 2.79. The van der Waals surface area contributed by atoms with E-state index >= 15 is 0 Å². The van der Waals surface area contributed by atoms with E-state index in [2.05, 4.69) is 5.16 Å². The number of nitrogens with zero attached hydrogens (tertiary/aromatic N) is 1. The Morgan fingerprint density at radius 1 is 1.38 bits per heavy atom. The summed E-state index contributed by atoms with van der Waals surface area (Å²) in [6.07, 6.45) is 5.88. The summed E-state index contributed by atoms with van der Waals surface area (Å²) in [5.74, 6) is 0.938. The van der Waals surface area contributed by atoms with E-state index in [1.54, 1.807) is 6.07 Å². The van der Waals surface area contributed by atoms with Crippen LogP contribution >= 0.6 is 10.7 Å². The van der Waals surface area contributed by atoms with Gasteiger partial charge < -0.3 is 4.52 Å². The maximum atomic E-state index is 10.9. The van der Waals surface area contributed by atoms with E-state index in [-0.39, 0.29) is 5.75 Å². The average Bonchev–Trinajstić information content (AvgIpc) is 2.65. The van der Waals surface area contributed by atoms with E-state index in [0.29, 0.717) is 11.6 Å². The van der Waals surface area contributed by atoms with Gasteiger partial charge in [0.15, 0.2) is 0 Å². The first-order valence-corrected chi connectivity index (χ1v) is 7.90. The van der Waals surface area contributed by atoms with E-state index in [1.807, 2.05) is 0 Å². The second-order valence-corrected chi connectivity index (χ2v) is 7.02. The molecule has 0 N–H and O–H groups in total. The van der Waals surface area contributed by atoms with Crippen molar-refractivity contribution < 1.29 is 12.9 Å². The van der Waals surface area contributed by atoms with Gasteiger partial charge in [0.05, 0.1) is 0 Å². The smallest absolute Gasteiger partial charge is 0.238 e. The molecule has 0 bridgehead atoms. The van der Waals surface area contributed by atoms with Crippen molar-refractivity contribution >= 4 is 19.7 Å². The lowest BCUT2D eigenvalue weighted by Gasteiger charge is -2.18. The van der Waals surface area contributed by atoms with Crippen LogP contribution in [0.5, 0.6) is 0 Å². The van der Waals surface area contributed by atoms with E-state index in [1.165, 1.54) is 19.3 Å². The van der Waals surface area contributed by atoms with Crippen LogP contribution in [0, 0.1) is 0 Å². The quantitative estimate of drug-likeness (QED) is 0.787. The molecule has 0 amide bonds. The Hall–Kier alpha value is -0.550. The molecule has 1 saturated carbocycles. The minimum atomic E-state index is -3.54. The molecule has 6 heteroatoms. The summed E-state index contributed by atoms with van der Waals surface area (Å²) >= 11 is 0. The van der Waals surface area contributed by atoms with E-state index < -0.39 is 9.05 Å². The molecule has 1 aromatic heterocycles. The number of hydrogen-bond donors (Lipinski definition) is 0. The molecule has 0 atom stereocenters. The van der Waals surface area contributed by atoms with Crippen molar-refractivity contribution in [3.05, 3.63) is 17.5 Å². The van der Waals surface area contributed by atoms with Gasteiger partial charge in [-0.25, -0.2) is 8.42 Å². The normalized spacial score (nSPS) is 18.8. The molecule has 0 unspecified atom stereocenters. The second-order valence-electron chi connectivity index (χ2n) is 4.24. The molecule has 2 rings (SSSR count). The molecule has 0 radical (unpaired) electrons. The van der Waals surface area contributed by atoms with Gasteiger partial charge in [-0.1, -0.05) is 24.4 Å². The third-order valence-corrected chi connectivity index (χ3v) is 3.87. The fraction of sp³-hybridized carbons (Fsp3) is 0.700. The van der Waals surface area contributed by atoms with Crippen molar-refractivity contribution in [2.45, 2.75) is 43.8 Å². The highest BCUT2D eigenvalue weighted by atomic mass is 35.7. The fourth-order valence-corrected chi connectivity index (χ4v) is 2.98. The van der Waals surface area contributed by atoms with Gasteiger partial charge in [-0.3, -0.25) is 0 Å². The van der Waals surface area contributed by atoms with Crippen molar-refractivity contribution in [1.82, 2.24) is 5.16 Å². The summed E-state index contributed by atoms with van der Waals surface area (Å²) in [5.41, 5.74) is 0.399. The summed E-state index contributed by atoms with van der Waals surface area (Å²) in [6.45, 7) is 0. The zero-order chi connectivity index (χ0) is 11.6. The second kappa shape index (κ2) is 4.75. The van der Waals surface area contributed by atoms with Gasteiger partial charge in [-0.15, -0.1) is 0 Å². The largest absolute Gasteiger partial charge is 0.361 e. The summed E-state index contributed by atoms with van der Waals surface area (Å²) in [7, 11) is 1.61. The van der Waals surface area contributed by atoms with Gasteiger partial charge in [0.1, 0.15) is 17.2 Å². The Morgan fingerprint density at radius 2 is 2.06 bits per heavy atom. The lowest BCUT2D eigenvalue weighted by atomic mass is 9.87. The average molecular weight is 264 g/mol. The zero-order valence-electron chi connectivity index (χ0n) is 8.86. The first kappa shape index (κ1) is 11.9. The summed E-state index contributed by atoms with van der Waals surface area (Å²) in [6, 6.07) is 1.72. The molecule has 1 fully saturated rings. The third-order valence-electron chi connectivity index (χ3n) is 2.91. The predicted molar refractivity (Wildman–Crippen MR) is 60.8 cm³/mol. The summed E-state index contributed by atoms with van der Waals surface area (Å²) in [5, 5.41) is 3.74. The number of aromatic nitrogens is 1. The highest BCUT2D eigenvalue weighted by Gasteiger charge is 2.21. The van der Waals surface area contributed by atoms with Gasteiger partial charge in [0, 0.05) is 22.7 Å². The third kappa shape index (κ3) is 3.22. The highest BCUT2D eigenvalue weighted by Crippen LogP contribution is 2.33. The van der Waals surface area contributed by atoms with Crippen LogP contribution in [0.2, 0.25) is 0 Å². The van der Waals surface area contributed by atoms with Crippen LogP contribution in [0.15, 0.2) is 10.6 Å². The van der Waals surface area contributed by atoms with Crippen LogP contribution in [0.3, 0.4) is 0 Å². The molecule has 1 aliphatic carbocycles. The standard InChI is InChI=1S/C10H14ClNO3S/c11-16(13,14)7-9-6-10(15-12-9)8-4-2-1-3-5-8/h6,8H,1-5,7H2. The van der Waals surface area contributed by atoms with Crippen molar-refractivity contribution in [2.24, 2.45) is 0 Å². The first-order chi connectivity index (χ1) is 7.54. The molecular formula is C10H14ClNO3S. The van der Waals surface area contributed by atoms with E-state index in [9.17, 15) is 8.42 Å². The fourth-order valence-electron chi connectivity index (χ4n) is 2.15. The highest BCUT2D eigenvalue weighted by molar-refractivity contribution is 8.13. The van der Waals surface area contributed by atoms with Crippen LogP contribution in [0.25, 0.3) is 0 Å². The molecule has 0 spiro atoms. The maximum absolute atomic E-state index is 10.9. The van der Waals surface area contributed by atoms with Gasteiger partial charge in [0.2, 0.25) is 9.05 Å². The molecule has 0 aromatic carbocycles. The summed E-state index contributed by atoms with van der Waals surface area (Å²) in [4.78, 5) is 0. The first-order valence-electron chi connectivity index (χ1n) is 5.42. The monoisotopic (exact) mass is 263 g/mol. The van der Waals surface area contributed by atoms with Gasteiger partial charge in [0.25, 0.3) is 0 Å². The maximum Gasteiger partial charge on any atom is 0.238 e. The molecule has 4 nitrogen and oxygen atoms in total. The van der Waals surface area contributed by atoms with Gasteiger partial charge >= 0.3 is 0 Å². The molecule has 1 heterocycles. The van der Waals surface area contributed by atoms with Crippen LogP contribution < -0.4 is 0 Å². The molecule has 90 valence electrons. The van der Waals surface area contributed by atoms with Crippen molar-refractivity contribution in [2.75, 3.05) is 0 Å². The number of rotatable bonds is 3. The van der Waals surface area contributed by atoms with Gasteiger partial charge in [-0.05, 0) is 12.8 Å². The molecule has 16 heavy (non-hydrogen) atoms. The summed E-state index contributed by atoms with van der Waals surface area (Å²) < 4.78 is 26.9. The van der Waals surface area contributed by atoms with Crippen molar-refractivity contribution in [1.29, 1.82) is 0 Å². The topological polar surface area (TPSA) is 60.2 Å². The number of halogens is 1. The molecule has 0 aliphatic heterocycles. The van der Waals surface area contributed by atoms with Gasteiger partial charge in [-0.2, -0.15) is 0 Å². The van der Waals surface area contributed by atoms with E-state index in [4.69, 9.17) is 15.2 Å². The number of hydrogen-bond acceptors (Lipinski definition) is 4. The van der Waals surface area contributed by atoms with Crippen LogP contribution in [-0.4, -0.2) is 13.6 Å². The lowest BCUT2D eigenvalue weighted by molar-refractivity contribution is 0.319. The van der Waals surface area contributed by atoms with Crippen molar-refractivity contribution in [3.8, 4) is 0 Å². The molecular weight excluding hydrogens is 250 g/mol.